The van der Waals surface area contributed by atoms with Crippen LogP contribution in [0.25, 0.3) is 21.5 Å². The molecule has 0 saturated carbocycles. The van der Waals surface area contributed by atoms with Gasteiger partial charge in [0.1, 0.15) is 34.4 Å². The van der Waals surface area contributed by atoms with Crippen LogP contribution >= 0.6 is 0 Å². The highest BCUT2D eigenvalue weighted by molar-refractivity contribution is 6.00. The van der Waals surface area contributed by atoms with E-state index in [-0.39, 0.29) is 22.9 Å². The highest BCUT2D eigenvalue weighted by Gasteiger charge is 2.15. The highest BCUT2D eigenvalue weighted by atomic mass is 16.5. The van der Waals surface area contributed by atoms with Gasteiger partial charge in [-0.15, -0.1) is 20.5 Å². The second kappa shape index (κ2) is 10.5. The molecule has 0 aliphatic carbocycles. The van der Waals surface area contributed by atoms with Gasteiger partial charge in [-0.05, 0) is 72.1 Å². The second-order valence-electron chi connectivity index (χ2n) is 8.67. The van der Waals surface area contributed by atoms with Crippen LogP contribution in [0, 0.1) is 0 Å². The van der Waals surface area contributed by atoms with Crippen molar-refractivity contribution in [3.63, 3.8) is 0 Å². The summed E-state index contributed by atoms with van der Waals surface area (Å²) in [7, 11) is 0. The van der Waals surface area contributed by atoms with Crippen molar-refractivity contribution in [2.75, 3.05) is 0 Å². The predicted octanol–water partition coefficient (Wildman–Crippen LogP) is 8.52. The van der Waals surface area contributed by atoms with Crippen LogP contribution in [0.15, 0.2) is 124 Å². The Hall–Kier alpha value is -5.90. The first-order chi connectivity index (χ1) is 19.5. The van der Waals surface area contributed by atoms with E-state index in [4.69, 9.17) is 4.74 Å². The topological polar surface area (TPSA) is 145 Å². The van der Waals surface area contributed by atoms with Gasteiger partial charge in [0.25, 0.3) is 0 Å². The van der Waals surface area contributed by atoms with Gasteiger partial charge in [0, 0.05) is 34.6 Å². The lowest BCUT2D eigenvalue weighted by Crippen LogP contribution is -1.87. The Labute approximate surface area is 227 Å². The maximum Gasteiger partial charge on any atom is 0.174 e. The predicted molar refractivity (Wildman–Crippen MR) is 150 cm³/mol. The zero-order chi connectivity index (χ0) is 27.5. The van der Waals surface area contributed by atoms with Crippen molar-refractivity contribution in [2.24, 2.45) is 20.5 Å². The zero-order valence-corrected chi connectivity index (χ0v) is 20.7. The number of rotatable bonds is 6. The third-order valence-corrected chi connectivity index (χ3v) is 6.01. The van der Waals surface area contributed by atoms with E-state index in [9.17, 15) is 15.3 Å². The summed E-state index contributed by atoms with van der Waals surface area (Å²) in [6, 6.07) is 25.2. The van der Waals surface area contributed by atoms with Crippen LogP contribution in [0.2, 0.25) is 0 Å². The number of fused-ring (bicyclic) bond motifs is 2. The van der Waals surface area contributed by atoms with E-state index in [1.165, 1.54) is 6.07 Å². The number of hydrogen-bond acceptors (Lipinski definition) is 10. The summed E-state index contributed by atoms with van der Waals surface area (Å²) >= 11 is 0. The number of phenolic OH excluding ortho intramolecular Hbond substituents is 3. The number of benzene rings is 4. The Morgan fingerprint density at radius 3 is 1.95 bits per heavy atom. The molecule has 0 fully saturated rings. The van der Waals surface area contributed by atoms with Crippen molar-refractivity contribution < 1.29 is 20.1 Å². The lowest BCUT2D eigenvalue weighted by atomic mass is 10.1. The van der Waals surface area contributed by atoms with Crippen LogP contribution in [0.3, 0.4) is 0 Å². The molecule has 0 aliphatic rings. The average Bonchev–Trinajstić information content (AvgIpc) is 2.97. The Morgan fingerprint density at radius 1 is 0.550 bits per heavy atom. The summed E-state index contributed by atoms with van der Waals surface area (Å²) < 4.78 is 6.26. The summed E-state index contributed by atoms with van der Waals surface area (Å²) in [5, 5.41) is 50.3. The van der Waals surface area contributed by atoms with E-state index in [1.807, 2.05) is 6.07 Å². The first-order valence-corrected chi connectivity index (χ1v) is 12.1. The summed E-state index contributed by atoms with van der Waals surface area (Å²) in [4.78, 5) is 8.31. The minimum atomic E-state index is -0.253. The molecule has 0 radical (unpaired) electrons. The van der Waals surface area contributed by atoms with E-state index in [0.29, 0.717) is 45.0 Å². The smallest absolute Gasteiger partial charge is 0.174 e. The van der Waals surface area contributed by atoms with Gasteiger partial charge in [-0.25, -0.2) is 9.97 Å². The van der Waals surface area contributed by atoms with Crippen molar-refractivity contribution in [1.82, 2.24) is 9.97 Å². The molecular formula is C30H20N6O4. The van der Waals surface area contributed by atoms with Gasteiger partial charge < -0.3 is 20.1 Å². The van der Waals surface area contributed by atoms with Crippen LogP contribution in [-0.4, -0.2) is 25.3 Å². The fraction of sp³-hybridized carbons (Fsp3) is 0. The molecule has 2 aromatic heterocycles. The molecule has 0 unspecified atom stereocenters. The summed E-state index contributed by atoms with van der Waals surface area (Å²) in [6.07, 6.45) is 3.21. The number of phenols is 3. The molecular weight excluding hydrogens is 508 g/mol. The molecule has 6 rings (SSSR count). The number of nitrogens with zero attached hydrogens (tertiary/aromatic N) is 6. The van der Waals surface area contributed by atoms with Crippen LogP contribution in [-0.2, 0) is 0 Å². The van der Waals surface area contributed by atoms with Gasteiger partial charge >= 0.3 is 0 Å². The molecule has 0 saturated heterocycles. The first kappa shape index (κ1) is 24.4. The molecule has 40 heavy (non-hydrogen) atoms. The van der Waals surface area contributed by atoms with Gasteiger partial charge in [-0.2, -0.15) is 0 Å². The number of aromatic nitrogens is 2. The van der Waals surface area contributed by atoms with Gasteiger partial charge in [-0.1, -0.05) is 18.2 Å². The summed E-state index contributed by atoms with van der Waals surface area (Å²) in [6.45, 7) is 0. The molecule has 0 aliphatic heterocycles. The number of ether oxygens (including phenoxy) is 1. The fourth-order valence-corrected chi connectivity index (χ4v) is 4.15. The molecule has 10 nitrogen and oxygen atoms in total. The lowest BCUT2D eigenvalue weighted by molar-refractivity contribution is 0.455. The quantitative estimate of drug-likeness (QED) is 0.185. The highest BCUT2D eigenvalue weighted by Crippen LogP contribution is 2.45. The van der Waals surface area contributed by atoms with E-state index < -0.39 is 0 Å². The maximum absolute atomic E-state index is 10.6. The Kier molecular flexibility index (Phi) is 6.39. The monoisotopic (exact) mass is 528 g/mol. The molecule has 10 heteroatoms. The minimum Gasteiger partial charge on any atom is -0.508 e. The molecule has 0 bridgehead atoms. The third kappa shape index (κ3) is 4.96. The molecule has 0 atom stereocenters. The van der Waals surface area contributed by atoms with E-state index in [0.717, 1.165) is 5.39 Å². The largest absolute Gasteiger partial charge is 0.508 e. The van der Waals surface area contributed by atoms with Crippen LogP contribution < -0.4 is 4.74 Å². The van der Waals surface area contributed by atoms with Crippen LogP contribution in [0.5, 0.6) is 28.7 Å². The Bertz CT molecular complexity index is 1910. The van der Waals surface area contributed by atoms with E-state index in [1.54, 1.807) is 91.3 Å². The van der Waals surface area contributed by atoms with E-state index in [2.05, 4.69) is 30.4 Å². The number of aromatic hydroxyl groups is 3. The van der Waals surface area contributed by atoms with Crippen molar-refractivity contribution in [1.29, 1.82) is 0 Å². The molecule has 2 heterocycles. The molecule has 6 aromatic rings. The number of hydrogen-bond donors (Lipinski definition) is 3. The average molecular weight is 529 g/mol. The molecule has 0 amide bonds. The third-order valence-electron chi connectivity index (χ3n) is 6.01. The minimum absolute atomic E-state index is 0.119. The maximum atomic E-state index is 10.6. The Morgan fingerprint density at radius 2 is 1.25 bits per heavy atom. The van der Waals surface area contributed by atoms with Gasteiger partial charge in [0.15, 0.2) is 17.4 Å². The second-order valence-corrected chi connectivity index (χ2v) is 8.67. The van der Waals surface area contributed by atoms with Crippen molar-refractivity contribution in [3.8, 4) is 28.7 Å². The molecule has 4 aromatic carbocycles. The summed E-state index contributed by atoms with van der Waals surface area (Å²) in [5.41, 5.74) is 0.574. The molecule has 194 valence electrons. The van der Waals surface area contributed by atoms with Gasteiger partial charge in [0.05, 0.1) is 0 Å². The lowest BCUT2D eigenvalue weighted by Gasteiger charge is -2.13. The first-order valence-electron chi connectivity index (χ1n) is 12.1. The van der Waals surface area contributed by atoms with Crippen LogP contribution in [0.4, 0.5) is 23.0 Å². The van der Waals surface area contributed by atoms with Crippen molar-refractivity contribution in [3.05, 3.63) is 103 Å². The van der Waals surface area contributed by atoms with Gasteiger partial charge in [0.2, 0.25) is 0 Å². The molecule has 3 N–H and O–H groups in total. The van der Waals surface area contributed by atoms with E-state index >= 15 is 0 Å². The van der Waals surface area contributed by atoms with Gasteiger partial charge in [-0.3, -0.25) is 0 Å². The fourth-order valence-electron chi connectivity index (χ4n) is 4.15. The summed E-state index contributed by atoms with van der Waals surface area (Å²) in [5.74, 6) is 1.31. The standard InChI is InChI=1S/C30H20N6O4/c37-19-8-10-21-18(15-19)7-12-26(30(21)36-34-28-6-2-4-14-32-28)40-20-9-11-22-23(16-20)29(25(39)17-24(22)38)35-33-27-5-1-3-13-31-27/h1-17,37-39H. The zero-order valence-electron chi connectivity index (χ0n) is 20.7. The van der Waals surface area contributed by atoms with Crippen molar-refractivity contribution >= 4 is 44.6 Å². The van der Waals surface area contributed by atoms with Crippen molar-refractivity contribution in [2.45, 2.75) is 0 Å². The molecule has 0 spiro atoms. The number of azo groups is 2. The normalized spacial score (nSPS) is 11.6. The SMILES string of the molecule is Oc1ccc2c(N=Nc3ccccn3)c(Oc3ccc4c(O)cc(O)c(N=Nc5ccccn5)c4c3)ccc2c1. The number of pyridine rings is 2. The van der Waals surface area contributed by atoms with Crippen LogP contribution in [0.1, 0.15) is 0 Å². The Balaban J connectivity index is 1.44.